The number of halogens is 1. The molecule has 0 aliphatic heterocycles. The number of aromatic nitrogens is 4. The van der Waals surface area contributed by atoms with E-state index in [9.17, 15) is 5.11 Å². The van der Waals surface area contributed by atoms with Gasteiger partial charge in [-0.15, -0.1) is 10.2 Å². The predicted molar refractivity (Wildman–Crippen MR) is 118 cm³/mol. The number of aliphatic hydroxyl groups is 1. The minimum Gasteiger partial charge on any atom is -0.491 e. The molecule has 8 heteroatoms. The zero-order chi connectivity index (χ0) is 20.8. The molecule has 0 aliphatic carbocycles. The molecule has 1 N–H and O–H groups in total. The van der Waals surface area contributed by atoms with E-state index in [1.165, 1.54) is 11.8 Å². The van der Waals surface area contributed by atoms with Gasteiger partial charge in [-0.2, -0.15) is 0 Å². The number of aliphatic hydroxyl groups excluding tert-OH is 1. The summed E-state index contributed by atoms with van der Waals surface area (Å²) in [6.45, 7) is 0.198. The summed E-state index contributed by atoms with van der Waals surface area (Å²) in [4.78, 5) is 4.07. The minimum atomic E-state index is -0.657. The molecule has 0 fully saturated rings. The SMILES string of the molecule is O[C@H](COc1ccccc1)CSc1nnc(-c2ccncc2)n1-c1ccc(Cl)cc1. The van der Waals surface area contributed by atoms with Gasteiger partial charge in [-0.3, -0.25) is 9.55 Å². The molecule has 4 rings (SSSR count). The standard InChI is InChI=1S/C22H19ClN4O2S/c23-17-6-8-18(9-7-17)27-21(16-10-12-24-13-11-16)25-26-22(27)30-15-19(28)14-29-20-4-2-1-3-5-20/h1-13,19,28H,14-15H2/t19-/m1/s1. The van der Waals surface area contributed by atoms with Crippen LogP contribution < -0.4 is 4.74 Å². The van der Waals surface area contributed by atoms with Crippen LogP contribution in [0.25, 0.3) is 17.1 Å². The topological polar surface area (TPSA) is 73.1 Å². The van der Waals surface area contributed by atoms with E-state index < -0.39 is 6.10 Å². The van der Waals surface area contributed by atoms with Crippen LogP contribution in [0.15, 0.2) is 84.3 Å². The number of para-hydroxylation sites is 1. The lowest BCUT2D eigenvalue weighted by molar-refractivity contribution is 0.126. The Morgan fingerprint density at radius 3 is 2.43 bits per heavy atom. The highest BCUT2D eigenvalue weighted by Gasteiger charge is 2.17. The maximum atomic E-state index is 10.4. The average Bonchev–Trinajstić information content (AvgIpc) is 3.22. The number of ether oxygens (including phenoxy) is 1. The van der Waals surface area contributed by atoms with Crippen LogP contribution in [0.4, 0.5) is 0 Å². The Morgan fingerprint density at radius 2 is 1.70 bits per heavy atom. The van der Waals surface area contributed by atoms with Crippen molar-refractivity contribution < 1.29 is 9.84 Å². The van der Waals surface area contributed by atoms with Gasteiger partial charge in [0.05, 0.1) is 6.10 Å². The molecule has 4 aromatic rings. The number of nitrogens with zero attached hydrogens (tertiary/aromatic N) is 4. The van der Waals surface area contributed by atoms with Gasteiger partial charge in [-0.1, -0.05) is 41.6 Å². The fourth-order valence-electron chi connectivity index (χ4n) is 2.80. The highest BCUT2D eigenvalue weighted by Crippen LogP contribution is 2.28. The lowest BCUT2D eigenvalue weighted by Crippen LogP contribution is -2.20. The molecule has 2 heterocycles. The van der Waals surface area contributed by atoms with E-state index in [0.717, 1.165) is 17.0 Å². The molecule has 0 radical (unpaired) electrons. The first-order valence-electron chi connectivity index (χ1n) is 9.31. The van der Waals surface area contributed by atoms with Gasteiger partial charge in [0.1, 0.15) is 12.4 Å². The van der Waals surface area contributed by atoms with Crippen LogP contribution in [0.5, 0.6) is 5.75 Å². The first-order chi connectivity index (χ1) is 14.7. The molecule has 0 bridgehead atoms. The number of rotatable bonds is 8. The largest absolute Gasteiger partial charge is 0.491 e. The van der Waals surface area contributed by atoms with Gasteiger partial charge >= 0.3 is 0 Å². The smallest absolute Gasteiger partial charge is 0.196 e. The normalized spacial score (nSPS) is 11.9. The Bertz CT molecular complexity index is 1080. The van der Waals surface area contributed by atoms with Gasteiger partial charge in [0.25, 0.3) is 0 Å². The van der Waals surface area contributed by atoms with Crippen molar-refractivity contribution in [1.29, 1.82) is 0 Å². The fourth-order valence-corrected chi connectivity index (χ4v) is 3.79. The Morgan fingerprint density at radius 1 is 0.967 bits per heavy atom. The van der Waals surface area contributed by atoms with E-state index in [1.54, 1.807) is 12.4 Å². The second-order valence-corrected chi connectivity index (χ2v) is 7.87. The quantitative estimate of drug-likeness (QED) is 0.408. The Labute approximate surface area is 183 Å². The first-order valence-corrected chi connectivity index (χ1v) is 10.7. The summed E-state index contributed by atoms with van der Waals surface area (Å²) in [5.41, 5.74) is 1.78. The summed E-state index contributed by atoms with van der Waals surface area (Å²) in [6.07, 6.45) is 2.77. The molecule has 0 amide bonds. The minimum absolute atomic E-state index is 0.198. The number of benzene rings is 2. The van der Waals surface area contributed by atoms with Crippen molar-refractivity contribution in [3.63, 3.8) is 0 Å². The van der Waals surface area contributed by atoms with Gasteiger partial charge in [0.2, 0.25) is 0 Å². The second kappa shape index (κ2) is 9.75. The van der Waals surface area contributed by atoms with Gasteiger partial charge < -0.3 is 9.84 Å². The van der Waals surface area contributed by atoms with Gasteiger partial charge in [-0.05, 0) is 48.5 Å². The van der Waals surface area contributed by atoms with Crippen LogP contribution in [0.2, 0.25) is 5.02 Å². The maximum Gasteiger partial charge on any atom is 0.196 e. The number of hydrogen-bond donors (Lipinski definition) is 1. The van der Waals surface area contributed by atoms with Crippen LogP contribution in [0, 0.1) is 0 Å². The van der Waals surface area contributed by atoms with E-state index >= 15 is 0 Å². The highest BCUT2D eigenvalue weighted by molar-refractivity contribution is 7.99. The van der Waals surface area contributed by atoms with Crippen LogP contribution in [-0.4, -0.2) is 43.3 Å². The summed E-state index contributed by atoms with van der Waals surface area (Å²) < 4.78 is 7.58. The molecule has 0 saturated heterocycles. The van der Waals surface area contributed by atoms with Crippen molar-refractivity contribution in [3.8, 4) is 22.8 Å². The second-order valence-electron chi connectivity index (χ2n) is 6.44. The Balaban J connectivity index is 1.52. The van der Waals surface area contributed by atoms with Crippen molar-refractivity contribution in [2.75, 3.05) is 12.4 Å². The molecule has 2 aromatic carbocycles. The molecule has 0 aliphatic rings. The molecule has 0 saturated carbocycles. The third kappa shape index (κ3) is 4.99. The average molecular weight is 439 g/mol. The third-order valence-electron chi connectivity index (χ3n) is 4.25. The van der Waals surface area contributed by atoms with Crippen LogP contribution >= 0.6 is 23.4 Å². The highest BCUT2D eigenvalue weighted by atomic mass is 35.5. The van der Waals surface area contributed by atoms with E-state index in [1.807, 2.05) is 71.3 Å². The molecule has 1 atom stereocenters. The molecular weight excluding hydrogens is 420 g/mol. The third-order valence-corrected chi connectivity index (χ3v) is 5.57. The Hall–Kier alpha value is -2.87. The number of hydrogen-bond acceptors (Lipinski definition) is 6. The van der Waals surface area contributed by atoms with E-state index in [0.29, 0.717) is 21.8 Å². The summed E-state index contributed by atoms with van der Waals surface area (Å²) in [5, 5.41) is 20.4. The van der Waals surface area contributed by atoms with Crippen molar-refractivity contribution in [2.45, 2.75) is 11.3 Å². The van der Waals surface area contributed by atoms with E-state index in [-0.39, 0.29) is 6.61 Å². The zero-order valence-corrected chi connectivity index (χ0v) is 17.5. The van der Waals surface area contributed by atoms with Crippen molar-refractivity contribution in [3.05, 3.63) is 84.1 Å². The monoisotopic (exact) mass is 438 g/mol. The van der Waals surface area contributed by atoms with Gasteiger partial charge in [0, 0.05) is 34.4 Å². The number of thioether (sulfide) groups is 1. The van der Waals surface area contributed by atoms with E-state index in [2.05, 4.69) is 15.2 Å². The molecule has 152 valence electrons. The molecule has 30 heavy (non-hydrogen) atoms. The lowest BCUT2D eigenvalue weighted by Gasteiger charge is -2.13. The van der Waals surface area contributed by atoms with Crippen LogP contribution in [0.1, 0.15) is 0 Å². The van der Waals surface area contributed by atoms with Gasteiger partial charge in [0.15, 0.2) is 11.0 Å². The fraction of sp³-hybridized carbons (Fsp3) is 0.136. The first kappa shape index (κ1) is 20.4. The van der Waals surface area contributed by atoms with E-state index in [4.69, 9.17) is 16.3 Å². The predicted octanol–water partition coefficient (Wildman–Crippen LogP) is 4.51. The molecule has 0 unspecified atom stereocenters. The molecular formula is C22H19ClN4O2S. The summed E-state index contributed by atoms with van der Waals surface area (Å²) in [6, 6.07) is 20.7. The van der Waals surface area contributed by atoms with Gasteiger partial charge in [-0.25, -0.2) is 0 Å². The van der Waals surface area contributed by atoms with Crippen molar-refractivity contribution in [2.24, 2.45) is 0 Å². The number of pyridine rings is 1. The summed E-state index contributed by atoms with van der Waals surface area (Å²) in [7, 11) is 0. The van der Waals surface area contributed by atoms with Crippen LogP contribution in [-0.2, 0) is 0 Å². The maximum absolute atomic E-state index is 10.4. The molecule has 0 spiro atoms. The van der Waals surface area contributed by atoms with Crippen LogP contribution in [0.3, 0.4) is 0 Å². The lowest BCUT2D eigenvalue weighted by atomic mass is 10.2. The summed E-state index contributed by atoms with van der Waals surface area (Å²) >= 11 is 7.47. The Kier molecular flexibility index (Phi) is 6.63. The molecule has 6 nitrogen and oxygen atoms in total. The molecule has 2 aromatic heterocycles. The van der Waals surface area contributed by atoms with Crippen molar-refractivity contribution in [1.82, 2.24) is 19.7 Å². The zero-order valence-electron chi connectivity index (χ0n) is 15.9. The summed E-state index contributed by atoms with van der Waals surface area (Å²) in [5.74, 6) is 1.83. The van der Waals surface area contributed by atoms with Crippen molar-refractivity contribution >= 4 is 23.4 Å².